The average molecular weight is 296 g/mol. The lowest BCUT2D eigenvalue weighted by molar-refractivity contribution is 0.0524. The second-order valence-electron chi connectivity index (χ2n) is 3.91. The number of fused-ring (bicyclic) bond motifs is 1. The van der Waals surface area contributed by atoms with Crippen LogP contribution >= 0.6 is 11.6 Å². The average Bonchev–Trinajstić information content (AvgIpc) is 2.45. The van der Waals surface area contributed by atoms with Crippen LogP contribution in [0.5, 0.6) is 11.6 Å². The topological polar surface area (TPSA) is 57.7 Å². The number of carbonyl (C=O) groups is 1. The van der Waals surface area contributed by atoms with E-state index in [4.69, 9.17) is 25.8 Å². The monoisotopic (exact) mass is 295 g/mol. The molecule has 0 aliphatic heterocycles. The van der Waals surface area contributed by atoms with Crippen LogP contribution in [0.3, 0.4) is 0 Å². The molecule has 0 saturated heterocycles. The van der Waals surface area contributed by atoms with Crippen molar-refractivity contribution in [1.29, 1.82) is 0 Å². The summed E-state index contributed by atoms with van der Waals surface area (Å²) in [6.45, 7) is 1.99. The molecular formula is C14H14ClNO4. The Morgan fingerprint density at radius 3 is 2.65 bits per heavy atom. The van der Waals surface area contributed by atoms with E-state index in [1.54, 1.807) is 25.1 Å². The number of ether oxygens (including phenoxy) is 3. The van der Waals surface area contributed by atoms with E-state index in [-0.39, 0.29) is 23.8 Å². The van der Waals surface area contributed by atoms with E-state index in [2.05, 4.69) is 4.98 Å². The Morgan fingerprint density at radius 1 is 1.30 bits per heavy atom. The molecule has 0 unspecified atom stereocenters. The number of benzene rings is 1. The number of methoxy groups -OCH3 is 2. The van der Waals surface area contributed by atoms with Gasteiger partial charge in [0.1, 0.15) is 5.56 Å². The van der Waals surface area contributed by atoms with Crippen LogP contribution in [0.4, 0.5) is 0 Å². The van der Waals surface area contributed by atoms with E-state index >= 15 is 0 Å². The molecular weight excluding hydrogens is 282 g/mol. The predicted octanol–water partition coefficient (Wildman–Crippen LogP) is 3.08. The second-order valence-corrected chi connectivity index (χ2v) is 4.35. The summed E-state index contributed by atoms with van der Waals surface area (Å²) in [6, 6.07) is 5.05. The van der Waals surface area contributed by atoms with Gasteiger partial charge in [0.25, 0.3) is 5.88 Å². The highest BCUT2D eigenvalue weighted by molar-refractivity contribution is 6.31. The molecule has 2 aromatic rings. The van der Waals surface area contributed by atoms with Gasteiger partial charge < -0.3 is 14.2 Å². The molecule has 2 rings (SSSR count). The number of esters is 1. The normalized spacial score (nSPS) is 10.4. The van der Waals surface area contributed by atoms with Crippen LogP contribution < -0.4 is 9.47 Å². The van der Waals surface area contributed by atoms with Gasteiger partial charge in [0.15, 0.2) is 5.75 Å². The molecule has 5 nitrogen and oxygen atoms in total. The number of halogens is 1. The lowest BCUT2D eigenvalue weighted by atomic mass is 10.1. The molecule has 0 bridgehead atoms. The Balaban J connectivity index is 2.82. The zero-order chi connectivity index (χ0) is 14.7. The molecule has 0 N–H and O–H groups in total. The highest BCUT2D eigenvalue weighted by Crippen LogP contribution is 2.36. The van der Waals surface area contributed by atoms with Crippen molar-refractivity contribution in [2.75, 3.05) is 20.8 Å². The lowest BCUT2D eigenvalue weighted by Gasteiger charge is -2.14. The third-order valence-corrected chi connectivity index (χ3v) is 2.98. The van der Waals surface area contributed by atoms with Crippen molar-refractivity contribution in [1.82, 2.24) is 4.98 Å². The van der Waals surface area contributed by atoms with Gasteiger partial charge in [-0.25, -0.2) is 9.78 Å². The summed E-state index contributed by atoms with van der Waals surface area (Å²) in [6.07, 6.45) is 0. The Labute approximate surface area is 121 Å². The summed E-state index contributed by atoms with van der Waals surface area (Å²) in [7, 11) is 2.90. The van der Waals surface area contributed by atoms with E-state index in [0.717, 1.165) is 0 Å². The fourth-order valence-electron chi connectivity index (χ4n) is 1.93. The molecule has 0 fully saturated rings. The van der Waals surface area contributed by atoms with E-state index in [9.17, 15) is 4.79 Å². The zero-order valence-electron chi connectivity index (χ0n) is 11.4. The minimum atomic E-state index is -0.502. The van der Waals surface area contributed by atoms with Crippen molar-refractivity contribution in [2.45, 2.75) is 6.92 Å². The third-order valence-electron chi connectivity index (χ3n) is 2.75. The molecule has 0 saturated carbocycles. The first kappa shape index (κ1) is 14.4. The van der Waals surface area contributed by atoms with Crippen LogP contribution in [-0.4, -0.2) is 31.8 Å². The number of hydrogen-bond acceptors (Lipinski definition) is 5. The number of nitrogens with zero attached hydrogens (tertiary/aromatic N) is 1. The SMILES string of the molecule is CCOC(=O)c1c(OC)c(OC)nc2ccc(Cl)cc12. The molecule has 1 aromatic heterocycles. The van der Waals surface area contributed by atoms with Crippen molar-refractivity contribution < 1.29 is 19.0 Å². The summed E-state index contributed by atoms with van der Waals surface area (Å²) in [5, 5.41) is 1.06. The molecule has 0 aliphatic carbocycles. The second kappa shape index (κ2) is 5.96. The van der Waals surface area contributed by atoms with Gasteiger partial charge in [-0.3, -0.25) is 0 Å². The van der Waals surface area contributed by atoms with Crippen LogP contribution in [-0.2, 0) is 4.74 Å². The van der Waals surface area contributed by atoms with Gasteiger partial charge in [0, 0.05) is 10.4 Å². The zero-order valence-corrected chi connectivity index (χ0v) is 12.2. The van der Waals surface area contributed by atoms with Crippen LogP contribution in [0.25, 0.3) is 10.9 Å². The largest absolute Gasteiger partial charge is 0.491 e. The van der Waals surface area contributed by atoms with Crippen LogP contribution in [0, 0.1) is 0 Å². The molecule has 0 amide bonds. The van der Waals surface area contributed by atoms with Crippen molar-refractivity contribution in [3.63, 3.8) is 0 Å². The summed E-state index contributed by atoms with van der Waals surface area (Å²) in [5.74, 6) is -0.0385. The van der Waals surface area contributed by atoms with E-state index < -0.39 is 5.97 Å². The van der Waals surface area contributed by atoms with E-state index in [1.807, 2.05) is 0 Å². The van der Waals surface area contributed by atoms with Gasteiger partial charge in [0.05, 0.1) is 26.3 Å². The molecule has 0 radical (unpaired) electrons. The van der Waals surface area contributed by atoms with Crippen molar-refractivity contribution in [3.8, 4) is 11.6 Å². The molecule has 106 valence electrons. The van der Waals surface area contributed by atoms with Crippen LogP contribution in [0.15, 0.2) is 18.2 Å². The van der Waals surface area contributed by atoms with Crippen LogP contribution in [0.1, 0.15) is 17.3 Å². The smallest absolute Gasteiger partial charge is 0.342 e. The number of pyridine rings is 1. The van der Waals surface area contributed by atoms with Crippen LogP contribution in [0.2, 0.25) is 5.02 Å². The maximum atomic E-state index is 12.2. The maximum Gasteiger partial charge on any atom is 0.342 e. The number of carbonyl (C=O) groups excluding carboxylic acids is 1. The Hall–Kier alpha value is -2.01. The van der Waals surface area contributed by atoms with Crippen molar-refractivity contribution in [3.05, 3.63) is 28.8 Å². The summed E-state index contributed by atoms with van der Waals surface area (Å²) in [5.41, 5.74) is 0.841. The highest BCUT2D eigenvalue weighted by atomic mass is 35.5. The lowest BCUT2D eigenvalue weighted by Crippen LogP contribution is -2.09. The van der Waals surface area contributed by atoms with Crippen molar-refractivity contribution >= 4 is 28.5 Å². The molecule has 0 aliphatic rings. The van der Waals surface area contributed by atoms with Gasteiger partial charge in [-0.1, -0.05) is 11.6 Å². The molecule has 1 aromatic carbocycles. The quantitative estimate of drug-likeness (QED) is 0.811. The summed E-state index contributed by atoms with van der Waals surface area (Å²) in [4.78, 5) is 16.5. The molecule has 0 atom stereocenters. The predicted molar refractivity (Wildman–Crippen MR) is 75.8 cm³/mol. The van der Waals surface area contributed by atoms with Gasteiger partial charge in [-0.2, -0.15) is 0 Å². The molecule has 1 heterocycles. The number of hydrogen-bond donors (Lipinski definition) is 0. The number of rotatable bonds is 4. The minimum Gasteiger partial charge on any atom is -0.491 e. The fourth-order valence-corrected chi connectivity index (χ4v) is 2.10. The van der Waals surface area contributed by atoms with Gasteiger partial charge in [-0.15, -0.1) is 0 Å². The van der Waals surface area contributed by atoms with Gasteiger partial charge >= 0.3 is 5.97 Å². The Morgan fingerprint density at radius 2 is 2.05 bits per heavy atom. The van der Waals surface area contributed by atoms with E-state index in [0.29, 0.717) is 15.9 Å². The highest BCUT2D eigenvalue weighted by Gasteiger charge is 2.23. The van der Waals surface area contributed by atoms with Crippen molar-refractivity contribution in [2.24, 2.45) is 0 Å². The maximum absolute atomic E-state index is 12.2. The summed E-state index contributed by atoms with van der Waals surface area (Å²) >= 11 is 5.99. The first-order valence-corrected chi connectivity index (χ1v) is 6.38. The first-order chi connectivity index (χ1) is 9.62. The summed E-state index contributed by atoms with van der Waals surface area (Å²) < 4.78 is 15.5. The fraction of sp³-hybridized carbons (Fsp3) is 0.286. The van der Waals surface area contributed by atoms with Gasteiger partial charge in [-0.05, 0) is 25.1 Å². The molecule has 6 heteroatoms. The Kier molecular flexibility index (Phi) is 4.29. The minimum absolute atomic E-state index is 0.227. The Bertz CT molecular complexity index is 657. The third kappa shape index (κ3) is 2.49. The first-order valence-electron chi connectivity index (χ1n) is 6.00. The van der Waals surface area contributed by atoms with E-state index in [1.165, 1.54) is 14.2 Å². The standard InChI is InChI=1S/C14H14ClNO4/c1-4-20-14(17)11-9-7-8(15)5-6-10(9)16-13(19-3)12(11)18-2/h5-7H,4H2,1-3H3. The van der Waals surface area contributed by atoms with Gasteiger partial charge in [0.2, 0.25) is 0 Å². The molecule has 0 spiro atoms. The molecule has 20 heavy (non-hydrogen) atoms. The number of aromatic nitrogens is 1.